The molecule has 2 bridgehead atoms. The fraction of sp³-hybridized carbons (Fsp3) is 0.519. The van der Waals surface area contributed by atoms with E-state index in [4.69, 9.17) is 9.47 Å². The summed E-state index contributed by atoms with van der Waals surface area (Å²) >= 11 is 0. The number of methoxy groups -OCH3 is 1. The van der Waals surface area contributed by atoms with Gasteiger partial charge < -0.3 is 14.6 Å². The van der Waals surface area contributed by atoms with Gasteiger partial charge in [-0.1, -0.05) is 0 Å². The van der Waals surface area contributed by atoms with Gasteiger partial charge in [-0.25, -0.2) is 4.79 Å². The maximum Gasteiger partial charge on any atom is 0.341 e. The molecule has 1 aromatic carbocycles. The van der Waals surface area contributed by atoms with E-state index in [0.717, 1.165) is 73.1 Å². The molecule has 180 valence electrons. The Morgan fingerprint density at radius 3 is 2.66 bits per heavy atom. The summed E-state index contributed by atoms with van der Waals surface area (Å²) in [5.41, 5.74) is 3.05. The first-order valence-electron chi connectivity index (χ1n) is 12.3. The third kappa shape index (κ3) is 2.76. The highest BCUT2D eigenvalue weighted by Gasteiger charge is 2.68. The summed E-state index contributed by atoms with van der Waals surface area (Å²) < 4.78 is 13.8. The average molecular weight is 474 g/mol. The van der Waals surface area contributed by atoms with Crippen molar-refractivity contribution in [1.82, 2.24) is 4.68 Å². The summed E-state index contributed by atoms with van der Waals surface area (Å²) in [7, 11) is 1.65. The van der Waals surface area contributed by atoms with Crippen molar-refractivity contribution in [2.24, 2.45) is 10.8 Å². The second-order valence-electron chi connectivity index (χ2n) is 11.4. The van der Waals surface area contributed by atoms with Gasteiger partial charge in [0.05, 0.1) is 42.0 Å². The minimum atomic E-state index is -1.20. The molecule has 35 heavy (non-hydrogen) atoms. The first kappa shape index (κ1) is 21.0. The number of hydrogen-bond donors (Lipinski definition) is 1. The standard InChI is InChI=1S/C27H27N3O5/c1-34-10-16-6-17-18(7-23(16)35-15-26-11-25(12-26,13-26)14-28)20-2-3-27(4-5-27)30(20)29-9-19(24(32)33)22(31)8-21(17)29/h6-9,20H,2-5,10-13,15H2,1H3,(H,32,33)/t20-,25?,26?/m1/s1. The highest BCUT2D eigenvalue weighted by Crippen LogP contribution is 2.73. The van der Waals surface area contributed by atoms with Gasteiger partial charge in [0.1, 0.15) is 11.3 Å². The van der Waals surface area contributed by atoms with Crippen LogP contribution in [0.1, 0.15) is 72.5 Å². The predicted octanol–water partition coefficient (Wildman–Crippen LogP) is 3.75. The number of aromatic carboxylic acids is 1. The Hall–Kier alpha value is -3.31. The molecule has 0 amide bonds. The summed E-state index contributed by atoms with van der Waals surface area (Å²) in [4.78, 5) is 24.5. The molecule has 4 saturated carbocycles. The van der Waals surface area contributed by atoms with Gasteiger partial charge in [0, 0.05) is 35.9 Å². The van der Waals surface area contributed by atoms with Crippen molar-refractivity contribution >= 4 is 5.97 Å². The van der Waals surface area contributed by atoms with Gasteiger partial charge in [0.25, 0.3) is 0 Å². The van der Waals surface area contributed by atoms with Crippen LogP contribution in [-0.4, -0.2) is 35.0 Å². The van der Waals surface area contributed by atoms with Gasteiger partial charge in [-0.3, -0.25) is 14.5 Å². The second-order valence-corrected chi connectivity index (χ2v) is 11.4. The van der Waals surface area contributed by atoms with Crippen molar-refractivity contribution in [3.8, 4) is 23.1 Å². The van der Waals surface area contributed by atoms with E-state index in [1.54, 1.807) is 7.11 Å². The number of ether oxygens (including phenoxy) is 2. The van der Waals surface area contributed by atoms with E-state index in [2.05, 4.69) is 17.1 Å². The number of pyridine rings is 1. The lowest BCUT2D eigenvalue weighted by Crippen LogP contribution is -2.63. The topological polar surface area (TPSA) is 105 Å². The molecule has 4 aliphatic carbocycles. The first-order chi connectivity index (χ1) is 16.8. The molecule has 5 fully saturated rings. The van der Waals surface area contributed by atoms with E-state index in [1.165, 1.54) is 12.3 Å². The number of fused-ring (bicyclic) bond motifs is 7. The Labute approximate surface area is 202 Å². The number of hydrogen-bond acceptors (Lipinski definition) is 6. The number of nitrogens with zero attached hydrogens (tertiary/aromatic N) is 3. The summed E-state index contributed by atoms with van der Waals surface area (Å²) in [6.45, 7) is 0.968. The van der Waals surface area contributed by atoms with Crippen LogP contribution in [0, 0.1) is 22.2 Å². The third-order valence-corrected chi connectivity index (χ3v) is 9.06. The quantitative estimate of drug-likeness (QED) is 0.681. The van der Waals surface area contributed by atoms with Crippen LogP contribution < -0.4 is 15.2 Å². The van der Waals surface area contributed by atoms with E-state index in [1.807, 2.05) is 10.7 Å². The largest absolute Gasteiger partial charge is 0.493 e. The minimum Gasteiger partial charge on any atom is -0.493 e. The number of carboxylic acid groups (broad SMARTS) is 1. The minimum absolute atomic E-state index is 0.0334. The zero-order valence-corrected chi connectivity index (χ0v) is 19.7. The van der Waals surface area contributed by atoms with E-state index in [9.17, 15) is 20.0 Å². The molecule has 8 rings (SSSR count). The van der Waals surface area contributed by atoms with Crippen LogP contribution in [0.15, 0.2) is 29.2 Å². The maximum absolute atomic E-state index is 12.7. The molecule has 2 aromatic rings. The van der Waals surface area contributed by atoms with E-state index in [0.29, 0.717) is 13.2 Å². The van der Waals surface area contributed by atoms with Crippen molar-refractivity contribution in [2.45, 2.75) is 63.1 Å². The third-order valence-electron chi connectivity index (χ3n) is 9.06. The number of rotatable bonds is 6. The van der Waals surface area contributed by atoms with Crippen LogP contribution in [0.5, 0.6) is 5.75 Å². The maximum atomic E-state index is 12.7. The zero-order valence-electron chi connectivity index (χ0n) is 19.7. The molecular formula is C27H27N3O5. The Kier molecular flexibility index (Phi) is 4.00. The summed E-state index contributed by atoms with van der Waals surface area (Å²) in [6.07, 6.45) is 8.42. The first-order valence-corrected chi connectivity index (χ1v) is 12.3. The van der Waals surface area contributed by atoms with Crippen LogP contribution >= 0.6 is 0 Å². The van der Waals surface area contributed by atoms with Gasteiger partial charge in [-0.05, 0) is 62.6 Å². The van der Waals surface area contributed by atoms with Crippen molar-refractivity contribution < 1.29 is 19.4 Å². The van der Waals surface area contributed by atoms with Gasteiger partial charge in [-0.15, -0.1) is 0 Å². The molecule has 0 radical (unpaired) electrons. The normalized spacial score (nSPS) is 29.8. The molecule has 8 heteroatoms. The lowest BCUT2D eigenvalue weighted by Gasteiger charge is -2.66. The van der Waals surface area contributed by atoms with Crippen LogP contribution in [-0.2, 0) is 11.3 Å². The lowest BCUT2D eigenvalue weighted by molar-refractivity contribution is -0.182. The lowest BCUT2D eigenvalue weighted by atomic mass is 9.36. The molecule has 8 nitrogen and oxygen atoms in total. The number of carbonyl (C=O) groups is 1. The molecule has 0 unspecified atom stereocenters. The van der Waals surface area contributed by atoms with Crippen molar-refractivity contribution in [3.05, 3.63) is 51.3 Å². The molecule has 2 aliphatic heterocycles. The average Bonchev–Trinajstić information content (AvgIpc) is 3.46. The Morgan fingerprint density at radius 2 is 2.00 bits per heavy atom. The molecule has 1 atom stereocenters. The van der Waals surface area contributed by atoms with E-state index >= 15 is 0 Å². The van der Waals surface area contributed by atoms with Crippen molar-refractivity contribution in [2.75, 3.05) is 18.7 Å². The van der Waals surface area contributed by atoms with Crippen molar-refractivity contribution in [3.63, 3.8) is 0 Å². The Bertz CT molecular complexity index is 1380. The number of benzene rings is 1. The molecular weight excluding hydrogens is 446 g/mol. The zero-order chi connectivity index (χ0) is 24.2. The van der Waals surface area contributed by atoms with Crippen LogP contribution in [0.25, 0.3) is 11.3 Å². The van der Waals surface area contributed by atoms with Crippen LogP contribution in [0.4, 0.5) is 0 Å². The number of aromatic nitrogens is 1. The monoisotopic (exact) mass is 473 g/mol. The predicted molar refractivity (Wildman–Crippen MR) is 126 cm³/mol. The SMILES string of the molecule is COCc1cc2c(cc1OCC13CC(C#N)(C1)C3)[C@H]1CCC3(CC3)N1n1cc(C(=O)O)c(=O)cc1-2. The fourth-order valence-electron chi connectivity index (χ4n) is 7.37. The molecule has 1 saturated heterocycles. The second kappa shape index (κ2) is 6.67. The van der Waals surface area contributed by atoms with E-state index < -0.39 is 11.4 Å². The Morgan fingerprint density at radius 1 is 1.23 bits per heavy atom. The van der Waals surface area contributed by atoms with Gasteiger partial charge in [-0.2, -0.15) is 5.26 Å². The summed E-state index contributed by atoms with van der Waals surface area (Å²) in [5, 5.41) is 21.3. The highest BCUT2D eigenvalue weighted by molar-refractivity contribution is 5.88. The number of carboxylic acids is 1. The molecule has 1 N–H and O–H groups in total. The van der Waals surface area contributed by atoms with Gasteiger partial charge >= 0.3 is 5.97 Å². The molecule has 1 aromatic heterocycles. The molecule has 1 spiro atoms. The van der Waals surface area contributed by atoms with Crippen LogP contribution in [0.2, 0.25) is 0 Å². The smallest absolute Gasteiger partial charge is 0.341 e. The fourth-order valence-corrected chi connectivity index (χ4v) is 7.37. The summed E-state index contributed by atoms with van der Waals surface area (Å²) in [6, 6.07) is 8.19. The molecule has 3 heterocycles. The van der Waals surface area contributed by atoms with Gasteiger partial charge in [0.2, 0.25) is 0 Å². The van der Waals surface area contributed by atoms with E-state index in [-0.39, 0.29) is 28.0 Å². The van der Waals surface area contributed by atoms with Gasteiger partial charge in [0.15, 0.2) is 5.43 Å². The van der Waals surface area contributed by atoms with Crippen LogP contribution in [0.3, 0.4) is 0 Å². The summed E-state index contributed by atoms with van der Waals surface area (Å²) in [5.74, 6) is -0.400. The molecule has 6 aliphatic rings. The number of nitriles is 1. The van der Waals surface area contributed by atoms with Crippen molar-refractivity contribution in [1.29, 1.82) is 5.26 Å². The Balaban J connectivity index is 1.32. The highest BCUT2D eigenvalue weighted by atomic mass is 16.5.